The van der Waals surface area contributed by atoms with Crippen LogP contribution in [-0.2, 0) is 10.0 Å². The summed E-state index contributed by atoms with van der Waals surface area (Å²) in [4.78, 5) is -0.0816. The molecular formula is C10H9FN2O3S. The lowest BCUT2D eigenvalue weighted by atomic mass is 10.3. The zero-order valence-electron chi connectivity index (χ0n) is 8.63. The zero-order valence-corrected chi connectivity index (χ0v) is 9.45. The molecule has 0 saturated heterocycles. The van der Waals surface area contributed by atoms with Crippen molar-refractivity contribution in [3.8, 4) is 5.75 Å². The molecule has 1 aromatic rings. The molecule has 2 rings (SSSR count). The number of nitrogens with two attached hydrogens (primary N) is 1. The van der Waals surface area contributed by atoms with Crippen LogP contribution in [0.15, 0.2) is 39.3 Å². The maximum Gasteiger partial charge on any atom is 0.284 e. The van der Waals surface area contributed by atoms with Crippen LogP contribution >= 0.6 is 0 Å². The lowest BCUT2D eigenvalue weighted by Crippen LogP contribution is -2.12. The zero-order chi connectivity index (χ0) is 12.5. The van der Waals surface area contributed by atoms with Crippen molar-refractivity contribution >= 4 is 16.2 Å². The third-order valence-corrected chi connectivity index (χ3v) is 3.51. The van der Waals surface area contributed by atoms with Crippen molar-refractivity contribution in [1.29, 1.82) is 0 Å². The molecule has 0 fully saturated rings. The molecule has 0 atom stereocenters. The van der Waals surface area contributed by atoms with Crippen LogP contribution < -0.4 is 10.5 Å². The van der Waals surface area contributed by atoms with E-state index in [1.165, 1.54) is 24.3 Å². The normalized spacial score (nSPS) is 17.5. The average molecular weight is 256 g/mol. The van der Waals surface area contributed by atoms with Crippen LogP contribution in [0.2, 0.25) is 0 Å². The summed E-state index contributed by atoms with van der Waals surface area (Å²) in [6.07, 6.45) is 1.07. The highest BCUT2D eigenvalue weighted by Crippen LogP contribution is 2.19. The Labute approximate surface area is 97.5 Å². The van der Waals surface area contributed by atoms with Crippen LogP contribution in [0, 0.1) is 5.82 Å². The number of hydrogen-bond donors (Lipinski definition) is 1. The van der Waals surface area contributed by atoms with Gasteiger partial charge in [-0.25, -0.2) is 4.39 Å². The largest absolute Gasteiger partial charge is 0.488 e. The van der Waals surface area contributed by atoms with Gasteiger partial charge in [0.15, 0.2) is 0 Å². The van der Waals surface area contributed by atoms with E-state index in [-0.39, 0.29) is 17.2 Å². The monoisotopic (exact) mass is 256 g/mol. The van der Waals surface area contributed by atoms with Gasteiger partial charge in [-0.2, -0.15) is 12.8 Å². The number of halogens is 1. The first-order valence-electron chi connectivity index (χ1n) is 4.66. The second-order valence-corrected chi connectivity index (χ2v) is 4.98. The molecule has 5 nitrogen and oxygen atoms in total. The maximum absolute atomic E-state index is 12.6. The van der Waals surface area contributed by atoms with Gasteiger partial charge >= 0.3 is 0 Å². The Hall–Kier alpha value is -1.89. The minimum absolute atomic E-state index is 0.0621. The Morgan fingerprint density at radius 2 is 1.94 bits per heavy atom. The molecule has 0 bridgehead atoms. The number of ether oxygens (including phenoxy) is 1. The van der Waals surface area contributed by atoms with Crippen molar-refractivity contribution in [3.63, 3.8) is 0 Å². The minimum Gasteiger partial charge on any atom is -0.488 e. The lowest BCUT2D eigenvalue weighted by Gasteiger charge is -2.06. The molecule has 17 heavy (non-hydrogen) atoms. The summed E-state index contributed by atoms with van der Waals surface area (Å²) in [5.74, 6) is -0.0401. The fourth-order valence-corrected chi connectivity index (χ4v) is 2.19. The van der Waals surface area contributed by atoms with E-state index >= 15 is 0 Å². The smallest absolute Gasteiger partial charge is 0.284 e. The van der Waals surface area contributed by atoms with Crippen LogP contribution in [0.25, 0.3) is 0 Å². The summed E-state index contributed by atoms with van der Waals surface area (Å²) < 4.78 is 43.8. The van der Waals surface area contributed by atoms with E-state index in [1.807, 2.05) is 0 Å². The molecule has 0 radical (unpaired) electrons. The van der Waals surface area contributed by atoms with Crippen molar-refractivity contribution in [2.24, 2.45) is 10.1 Å². The Morgan fingerprint density at radius 1 is 1.29 bits per heavy atom. The Morgan fingerprint density at radius 3 is 2.47 bits per heavy atom. The molecule has 0 spiro atoms. The van der Waals surface area contributed by atoms with E-state index in [4.69, 9.17) is 10.5 Å². The highest BCUT2D eigenvalue weighted by molar-refractivity contribution is 7.94. The van der Waals surface area contributed by atoms with Crippen LogP contribution in [0.5, 0.6) is 5.75 Å². The van der Waals surface area contributed by atoms with Gasteiger partial charge in [0.05, 0.1) is 11.9 Å². The number of benzene rings is 1. The molecule has 1 aliphatic rings. The fourth-order valence-electron chi connectivity index (χ4n) is 1.25. The second-order valence-electron chi connectivity index (χ2n) is 3.33. The van der Waals surface area contributed by atoms with Crippen LogP contribution in [0.3, 0.4) is 0 Å². The molecule has 7 heteroatoms. The van der Waals surface area contributed by atoms with Gasteiger partial charge in [-0.15, -0.1) is 0 Å². The number of rotatable bonds is 3. The van der Waals surface area contributed by atoms with Crippen LogP contribution in [0.1, 0.15) is 0 Å². The van der Waals surface area contributed by atoms with Gasteiger partial charge in [-0.3, -0.25) is 0 Å². The molecule has 0 unspecified atom stereocenters. The van der Waals surface area contributed by atoms with Crippen molar-refractivity contribution in [2.45, 2.75) is 0 Å². The summed E-state index contributed by atoms with van der Waals surface area (Å²) in [5, 5.41) is 0. The topological polar surface area (TPSA) is 81.8 Å². The predicted molar refractivity (Wildman–Crippen MR) is 60.5 cm³/mol. The summed E-state index contributed by atoms with van der Waals surface area (Å²) >= 11 is 0. The summed E-state index contributed by atoms with van der Waals surface area (Å²) in [6, 6.07) is 5.22. The first-order valence-corrected chi connectivity index (χ1v) is 6.10. The Bertz CT molecular complexity index is 590. The van der Waals surface area contributed by atoms with Gasteiger partial charge in [0.1, 0.15) is 23.1 Å². The van der Waals surface area contributed by atoms with Crippen molar-refractivity contribution in [2.75, 3.05) is 6.61 Å². The molecule has 1 aliphatic heterocycles. The van der Waals surface area contributed by atoms with Crippen molar-refractivity contribution < 1.29 is 17.5 Å². The van der Waals surface area contributed by atoms with Crippen molar-refractivity contribution in [1.82, 2.24) is 0 Å². The van der Waals surface area contributed by atoms with E-state index < -0.39 is 15.8 Å². The van der Waals surface area contributed by atoms with E-state index in [1.54, 1.807) is 0 Å². The van der Waals surface area contributed by atoms with Crippen LogP contribution in [-0.4, -0.2) is 21.2 Å². The molecule has 90 valence electrons. The predicted octanol–water partition coefficient (Wildman–Crippen LogP) is 0.789. The molecule has 1 heterocycles. The molecular weight excluding hydrogens is 247 g/mol. The first-order chi connectivity index (χ1) is 7.99. The highest BCUT2D eigenvalue weighted by Gasteiger charge is 2.25. The van der Waals surface area contributed by atoms with Crippen molar-refractivity contribution in [3.05, 3.63) is 40.7 Å². The van der Waals surface area contributed by atoms with Gasteiger partial charge in [0, 0.05) is 0 Å². The summed E-state index contributed by atoms with van der Waals surface area (Å²) in [7, 11) is -3.69. The Balaban J connectivity index is 2.10. The van der Waals surface area contributed by atoms with E-state index in [0.29, 0.717) is 5.75 Å². The Kier molecular flexibility index (Phi) is 2.84. The summed E-state index contributed by atoms with van der Waals surface area (Å²) in [5.41, 5.74) is 5.52. The molecule has 0 saturated carbocycles. The summed E-state index contributed by atoms with van der Waals surface area (Å²) in [6.45, 7) is -0.222. The molecule has 2 N–H and O–H groups in total. The number of allylic oxidation sites excluding steroid dienone is 1. The highest BCUT2D eigenvalue weighted by atomic mass is 32.2. The maximum atomic E-state index is 12.6. The number of hydrogen-bond acceptors (Lipinski definition) is 4. The molecule has 0 aromatic heterocycles. The van der Waals surface area contributed by atoms with Gasteiger partial charge in [0.2, 0.25) is 0 Å². The van der Waals surface area contributed by atoms with E-state index in [0.717, 1.165) is 6.21 Å². The van der Waals surface area contributed by atoms with Gasteiger partial charge in [-0.05, 0) is 24.3 Å². The minimum atomic E-state index is -3.69. The average Bonchev–Trinajstić information content (AvgIpc) is 2.53. The number of sulfonamides is 1. The standard InChI is InChI=1S/C10H9FN2O3S/c11-7-1-3-8(4-2-7)16-6-10-9(12)5-13-17(10,14)15/h1-5H,6,12H2. The van der Waals surface area contributed by atoms with Crippen LogP contribution in [0.4, 0.5) is 4.39 Å². The molecule has 0 amide bonds. The van der Waals surface area contributed by atoms with Gasteiger partial charge in [-0.1, -0.05) is 0 Å². The first kappa shape index (κ1) is 11.6. The van der Waals surface area contributed by atoms with Gasteiger partial charge in [0.25, 0.3) is 10.0 Å². The number of nitrogens with zero attached hydrogens (tertiary/aromatic N) is 1. The third kappa shape index (κ3) is 2.44. The molecule has 0 aliphatic carbocycles. The SMILES string of the molecule is NC1=C(COc2ccc(F)cc2)S(=O)(=O)N=C1. The van der Waals surface area contributed by atoms with E-state index in [9.17, 15) is 12.8 Å². The van der Waals surface area contributed by atoms with Gasteiger partial charge < -0.3 is 10.5 Å². The van der Waals surface area contributed by atoms with E-state index in [2.05, 4.69) is 4.40 Å². The molecule has 1 aromatic carbocycles. The second kappa shape index (κ2) is 4.17. The quantitative estimate of drug-likeness (QED) is 0.866. The lowest BCUT2D eigenvalue weighted by molar-refractivity contribution is 0.357. The third-order valence-electron chi connectivity index (χ3n) is 2.15. The fraction of sp³-hybridized carbons (Fsp3) is 0.100.